The lowest BCUT2D eigenvalue weighted by Gasteiger charge is -2.39. The molecule has 5 rings (SSSR count). The maximum atomic E-state index is 2.63. The second-order valence-electron chi connectivity index (χ2n) is 7.45. The quantitative estimate of drug-likeness (QED) is 0.647. The fraction of sp³-hybridized carbons (Fsp3) is 0.250. The predicted molar refractivity (Wildman–Crippen MR) is 108 cm³/mol. The number of piperidine rings is 1. The van der Waals surface area contributed by atoms with E-state index in [0.717, 1.165) is 19.6 Å². The van der Waals surface area contributed by atoms with Crippen LogP contribution in [-0.4, -0.2) is 24.0 Å². The van der Waals surface area contributed by atoms with Gasteiger partial charge in [-0.05, 0) is 35.7 Å². The lowest BCUT2D eigenvalue weighted by molar-refractivity contribution is 0.189. The fourth-order valence-corrected chi connectivity index (χ4v) is 4.73. The summed E-state index contributed by atoms with van der Waals surface area (Å²) in [4.78, 5) is 5.21. The summed E-state index contributed by atoms with van der Waals surface area (Å²) in [6.45, 7) is 3.35. The molecule has 2 aliphatic rings. The molecule has 0 N–H and O–H groups in total. The molecule has 3 aromatic rings. The van der Waals surface area contributed by atoms with E-state index < -0.39 is 0 Å². The number of nitrogens with zero attached hydrogens (tertiary/aromatic N) is 2. The van der Waals surface area contributed by atoms with E-state index in [1.54, 1.807) is 0 Å². The van der Waals surface area contributed by atoms with E-state index in [0.29, 0.717) is 12.0 Å². The van der Waals surface area contributed by atoms with Crippen LogP contribution in [0.2, 0.25) is 0 Å². The van der Waals surface area contributed by atoms with Crippen LogP contribution in [0, 0.1) is 0 Å². The Hall–Kier alpha value is -2.58. The monoisotopic (exact) mass is 340 g/mol. The van der Waals surface area contributed by atoms with Crippen molar-refractivity contribution in [2.24, 2.45) is 0 Å². The number of benzene rings is 3. The van der Waals surface area contributed by atoms with E-state index in [1.165, 1.54) is 28.9 Å². The van der Waals surface area contributed by atoms with Gasteiger partial charge in [-0.2, -0.15) is 0 Å². The minimum absolute atomic E-state index is 0.571. The van der Waals surface area contributed by atoms with Crippen molar-refractivity contribution >= 4 is 11.4 Å². The molecule has 2 heterocycles. The van der Waals surface area contributed by atoms with Crippen LogP contribution < -0.4 is 4.90 Å². The molecule has 0 amide bonds. The summed E-state index contributed by atoms with van der Waals surface area (Å²) in [5.41, 5.74) is 5.65. The van der Waals surface area contributed by atoms with Crippen LogP contribution in [0.1, 0.15) is 23.5 Å². The second kappa shape index (κ2) is 6.62. The Bertz CT molecular complexity index is 875. The Morgan fingerprint density at radius 1 is 0.769 bits per heavy atom. The molecule has 0 bridgehead atoms. The highest BCUT2D eigenvalue weighted by Crippen LogP contribution is 2.48. The second-order valence-corrected chi connectivity index (χ2v) is 7.45. The zero-order chi connectivity index (χ0) is 17.3. The molecule has 26 heavy (non-hydrogen) atoms. The Morgan fingerprint density at radius 2 is 1.46 bits per heavy atom. The van der Waals surface area contributed by atoms with Crippen LogP contribution in [0.4, 0.5) is 11.4 Å². The van der Waals surface area contributed by atoms with Gasteiger partial charge in [0.25, 0.3) is 0 Å². The van der Waals surface area contributed by atoms with Gasteiger partial charge in [0.2, 0.25) is 0 Å². The summed E-state index contributed by atoms with van der Waals surface area (Å²) < 4.78 is 0. The Kier molecular flexibility index (Phi) is 3.99. The van der Waals surface area contributed by atoms with Crippen LogP contribution in [0.15, 0.2) is 84.9 Å². The molecule has 2 nitrogen and oxygen atoms in total. The molecule has 3 aromatic carbocycles. The number of fused-ring (bicyclic) bond motifs is 3. The highest BCUT2D eigenvalue weighted by Gasteiger charge is 2.42. The average Bonchev–Trinajstić information content (AvgIpc) is 3.03. The van der Waals surface area contributed by atoms with Gasteiger partial charge in [0.1, 0.15) is 0 Å². The maximum Gasteiger partial charge on any atom is 0.0450 e. The number of likely N-dealkylation sites (tertiary alicyclic amines) is 1. The van der Waals surface area contributed by atoms with Crippen molar-refractivity contribution in [1.82, 2.24) is 4.90 Å². The van der Waals surface area contributed by atoms with E-state index in [9.17, 15) is 0 Å². The Morgan fingerprint density at radius 3 is 2.27 bits per heavy atom. The third kappa shape index (κ3) is 2.71. The summed E-state index contributed by atoms with van der Waals surface area (Å²) in [7, 11) is 0. The minimum Gasteiger partial charge on any atom is -0.337 e. The van der Waals surface area contributed by atoms with E-state index in [2.05, 4.69) is 94.7 Å². The van der Waals surface area contributed by atoms with Crippen molar-refractivity contribution in [2.75, 3.05) is 18.0 Å². The number of rotatable bonds is 3. The van der Waals surface area contributed by atoms with E-state index in [-0.39, 0.29) is 0 Å². The first-order valence-electron chi connectivity index (χ1n) is 9.59. The molecule has 0 aromatic heterocycles. The van der Waals surface area contributed by atoms with Crippen LogP contribution in [0.3, 0.4) is 0 Å². The molecule has 1 fully saturated rings. The van der Waals surface area contributed by atoms with Crippen molar-refractivity contribution < 1.29 is 0 Å². The van der Waals surface area contributed by atoms with E-state index in [4.69, 9.17) is 0 Å². The molecule has 0 radical (unpaired) electrons. The Balaban J connectivity index is 1.45. The highest BCUT2D eigenvalue weighted by atomic mass is 15.2. The fourth-order valence-electron chi connectivity index (χ4n) is 4.73. The summed E-state index contributed by atoms with van der Waals surface area (Å²) in [6.07, 6.45) is 1.21. The van der Waals surface area contributed by atoms with Gasteiger partial charge in [-0.1, -0.05) is 66.7 Å². The van der Waals surface area contributed by atoms with Crippen molar-refractivity contribution in [3.8, 4) is 0 Å². The molecule has 0 aliphatic carbocycles. The molecule has 130 valence electrons. The van der Waals surface area contributed by atoms with Crippen LogP contribution >= 0.6 is 0 Å². The maximum absolute atomic E-state index is 2.63. The Labute approximate surface area is 155 Å². The van der Waals surface area contributed by atoms with Gasteiger partial charge in [-0.3, -0.25) is 4.90 Å². The first kappa shape index (κ1) is 15.7. The molecular weight excluding hydrogens is 316 g/mol. The van der Waals surface area contributed by atoms with Gasteiger partial charge < -0.3 is 4.90 Å². The molecule has 2 heteroatoms. The summed E-state index contributed by atoms with van der Waals surface area (Å²) in [5.74, 6) is 0.587. The van der Waals surface area contributed by atoms with Gasteiger partial charge in [-0.15, -0.1) is 0 Å². The zero-order valence-electron chi connectivity index (χ0n) is 15.0. The molecular formula is C24H24N2. The van der Waals surface area contributed by atoms with Crippen LogP contribution in [0.5, 0.6) is 0 Å². The van der Waals surface area contributed by atoms with Gasteiger partial charge in [0.05, 0.1) is 0 Å². The highest BCUT2D eigenvalue weighted by molar-refractivity contribution is 5.72. The van der Waals surface area contributed by atoms with E-state index in [1.807, 2.05) is 0 Å². The van der Waals surface area contributed by atoms with Crippen molar-refractivity contribution in [3.63, 3.8) is 0 Å². The number of hydrogen-bond donors (Lipinski definition) is 0. The summed E-state index contributed by atoms with van der Waals surface area (Å²) in [6, 6.07) is 31.3. The van der Waals surface area contributed by atoms with Gasteiger partial charge in [-0.25, -0.2) is 0 Å². The van der Waals surface area contributed by atoms with Crippen molar-refractivity contribution in [3.05, 3.63) is 96.1 Å². The summed E-state index contributed by atoms with van der Waals surface area (Å²) in [5, 5.41) is 0. The van der Waals surface area contributed by atoms with Crippen molar-refractivity contribution in [1.29, 1.82) is 0 Å². The number of para-hydroxylation sites is 2. The first-order chi connectivity index (χ1) is 12.9. The molecule has 2 atom stereocenters. The lowest BCUT2D eigenvalue weighted by Crippen LogP contribution is -2.44. The lowest BCUT2D eigenvalue weighted by atomic mass is 9.89. The predicted octanol–water partition coefficient (Wildman–Crippen LogP) is 5.20. The van der Waals surface area contributed by atoms with Gasteiger partial charge in [0.15, 0.2) is 0 Å². The van der Waals surface area contributed by atoms with Crippen LogP contribution in [-0.2, 0) is 6.54 Å². The SMILES string of the molecule is c1ccc(CN2CC[C@@H]3[C@@H](C2)c2ccccc2N3c2ccccc2)cc1. The largest absolute Gasteiger partial charge is 0.337 e. The number of anilines is 2. The third-order valence-electron chi connectivity index (χ3n) is 5.87. The molecule has 0 saturated carbocycles. The zero-order valence-corrected chi connectivity index (χ0v) is 15.0. The molecule has 0 unspecified atom stereocenters. The third-order valence-corrected chi connectivity index (χ3v) is 5.87. The summed E-state index contributed by atoms with van der Waals surface area (Å²) >= 11 is 0. The average molecular weight is 340 g/mol. The minimum atomic E-state index is 0.571. The van der Waals surface area contributed by atoms with Gasteiger partial charge >= 0.3 is 0 Å². The first-order valence-corrected chi connectivity index (χ1v) is 9.59. The topological polar surface area (TPSA) is 6.48 Å². The normalized spacial score (nSPS) is 22.1. The van der Waals surface area contributed by atoms with Gasteiger partial charge in [0, 0.05) is 43.0 Å². The van der Waals surface area contributed by atoms with Crippen molar-refractivity contribution in [2.45, 2.75) is 24.9 Å². The number of hydrogen-bond acceptors (Lipinski definition) is 2. The standard InChI is InChI=1S/C24H24N2/c1-3-9-19(10-4-1)17-25-16-15-24-22(18-25)21-13-7-8-14-23(21)26(24)20-11-5-2-6-12-20/h1-14,22,24H,15-18H2/t22-,24+/m0/s1. The van der Waals surface area contributed by atoms with E-state index >= 15 is 0 Å². The molecule has 0 spiro atoms. The smallest absolute Gasteiger partial charge is 0.0450 e. The van der Waals surface area contributed by atoms with Crippen LogP contribution in [0.25, 0.3) is 0 Å². The molecule has 2 aliphatic heterocycles. The molecule has 1 saturated heterocycles.